The van der Waals surface area contributed by atoms with Gasteiger partial charge >= 0.3 is 6.18 Å². The van der Waals surface area contributed by atoms with E-state index in [0.29, 0.717) is 0 Å². The first-order chi connectivity index (χ1) is 8.94. The zero-order valence-corrected chi connectivity index (χ0v) is 10.9. The molecule has 2 N–H and O–H groups in total. The third-order valence-corrected chi connectivity index (χ3v) is 4.29. The monoisotopic (exact) mass is 271 g/mol. The molecule has 1 atom stereocenters. The van der Waals surface area contributed by atoms with Gasteiger partial charge in [0.25, 0.3) is 0 Å². The van der Waals surface area contributed by atoms with Gasteiger partial charge in [-0.3, -0.25) is 0 Å². The predicted molar refractivity (Wildman–Crippen MR) is 69.9 cm³/mol. The van der Waals surface area contributed by atoms with Crippen LogP contribution in [0.2, 0.25) is 0 Å². The topological polar surface area (TPSA) is 26.0 Å². The van der Waals surface area contributed by atoms with E-state index < -0.39 is 18.6 Å². The van der Waals surface area contributed by atoms with Gasteiger partial charge in [-0.15, -0.1) is 0 Å². The van der Waals surface area contributed by atoms with Crippen LogP contribution in [0.4, 0.5) is 13.2 Å². The standard InChI is InChI=1S/C15H20F3N/c16-15(17,18)11-8-13(19)14(9-4-5-10-14)12-6-2-1-3-7-12/h1-3,6-7,13H,4-5,8-11,19H2. The van der Waals surface area contributed by atoms with Crippen LogP contribution >= 0.6 is 0 Å². The van der Waals surface area contributed by atoms with Crippen molar-refractivity contribution in [3.8, 4) is 0 Å². The molecule has 0 aromatic heterocycles. The average Bonchev–Trinajstić information content (AvgIpc) is 2.87. The van der Waals surface area contributed by atoms with E-state index in [1.165, 1.54) is 0 Å². The summed E-state index contributed by atoms with van der Waals surface area (Å²) in [5, 5.41) is 0. The molecule has 106 valence electrons. The fourth-order valence-corrected chi connectivity index (χ4v) is 3.24. The van der Waals surface area contributed by atoms with E-state index in [-0.39, 0.29) is 11.8 Å². The minimum Gasteiger partial charge on any atom is -0.327 e. The van der Waals surface area contributed by atoms with Crippen molar-refractivity contribution in [2.45, 2.75) is 56.2 Å². The van der Waals surface area contributed by atoms with Crippen molar-refractivity contribution in [2.75, 3.05) is 0 Å². The lowest BCUT2D eigenvalue weighted by molar-refractivity contribution is -0.137. The van der Waals surface area contributed by atoms with Gasteiger partial charge in [0.2, 0.25) is 0 Å². The van der Waals surface area contributed by atoms with Gasteiger partial charge in [-0.1, -0.05) is 43.2 Å². The largest absolute Gasteiger partial charge is 0.389 e. The van der Waals surface area contributed by atoms with Crippen molar-refractivity contribution in [3.63, 3.8) is 0 Å². The molecule has 0 bridgehead atoms. The van der Waals surface area contributed by atoms with Gasteiger partial charge in [0.1, 0.15) is 0 Å². The highest BCUT2D eigenvalue weighted by Crippen LogP contribution is 2.44. The third-order valence-electron chi connectivity index (χ3n) is 4.29. The van der Waals surface area contributed by atoms with Gasteiger partial charge in [-0.25, -0.2) is 0 Å². The van der Waals surface area contributed by atoms with Gasteiger partial charge in [0.15, 0.2) is 0 Å². The zero-order chi connectivity index (χ0) is 13.9. The highest BCUT2D eigenvalue weighted by molar-refractivity contribution is 5.29. The van der Waals surface area contributed by atoms with E-state index in [1.54, 1.807) is 0 Å². The highest BCUT2D eigenvalue weighted by Gasteiger charge is 2.42. The molecule has 0 saturated heterocycles. The maximum Gasteiger partial charge on any atom is 0.389 e. The number of alkyl halides is 3. The van der Waals surface area contributed by atoms with Gasteiger partial charge in [-0.05, 0) is 24.8 Å². The van der Waals surface area contributed by atoms with E-state index in [2.05, 4.69) is 0 Å². The smallest absolute Gasteiger partial charge is 0.327 e. The molecular formula is C15H20F3N. The molecule has 1 saturated carbocycles. The van der Waals surface area contributed by atoms with Gasteiger partial charge in [-0.2, -0.15) is 13.2 Å². The first kappa shape index (κ1) is 14.4. The number of halogens is 3. The van der Waals surface area contributed by atoms with E-state index in [9.17, 15) is 13.2 Å². The summed E-state index contributed by atoms with van der Waals surface area (Å²) in [7, 11) is 0. The average molecular weight is 271 g/mol. The lowest BCUT2D eigenvalue weighted by Gasteiger charge is -2.36. The molecule has 1 aromatic carbocycles. The summed E-state index contributed by atoms with van der Waals surface area (Å²) in [4.78, 5) is 0. The normalized spacial score (nSPS) is 20.4. The molecule has 1 unspecified atom stereocenters. The molecule has 0 radical (unpaired) electrons. The number of hydrogen-bond acceptors (Lipinski definition) is 1. The summed E-state index contributed by atoms with van der Waals surface area (Å²) >= 11 is 0. The van der Waals surface area contributed by atoms with E-state index in [0.717, 1.165) is 31.2 Å². The summed E-state index contributed by atoms with van der Waals surface area (Å²) in [5.41, 5.74) is 6.99. The van der Waals surface area contributed by atoms with Crippen LogP contribution in [0.1, 0.15) is 44.1 Å². The molecule has 0 amide bonds. The Labute approximate surface area is 112 Å². The van der Waals surface area contributed by atoms with Crippen molar-refractivity contribution in [2.24, 2.45) is 5.73 Å². The van der Waals surface area contributed by atoms with E-state index >= 15 is 0 Å². The van der Waals surface area contributed by atoms with E-state index in [4.69, 9.17) is 5.73 Å². The fraction of sp³-hybridized carbons (Fsp3) is 0.600. The summed E-state index contributed by atoms with van der Waals surface area (Å²) in [5.74, 6) is 0. The Hall–Kier alpha value is -1.03. The lowest BCUT2D eigenvalue weighted by atomic mass is 9.71. The van der Waals surface area contributed by atoms with Crippen molar-refractivity contribution >= 4 is 0 Å². The summed E-state index contributed by atoms with van der Waals surface area (Å²) in [6.07, 6.45) is -0.995. The second kappa shape index (κ2) is 5.53. The quantitative estimate of drug-likeness (QED) is 0.874. The lowest BCUT2D eigenvalue weighted by Crippen LogP contribution is -2.44. The Morgan fingerprint density at radius 3 is 2.21 bits per heavy atom. The molecule has 2 rings (SSSR count). The molecule has 1 fully saturated rings. The van der Waals surface area contributed by atoms with Gasteiger partial charge in [0.05, 0.1) is 0 Å². The minimum absolute atomic E-state index is 0.0123. The maximum atomic E-state index is 12.4. The van der Waals surface area contributed by atoms with Crippen LogP contribution in [-0.2, 0) is 5.41 Å². The molecule has 1 aromatic rings. The first-order valence-corrected chi connectivity index (χ1v) is 6.82. The predicted octanol–water partition coefficient (Wildman–Crippen LogP) is 4.17. The molecule has 19 heavy (non-hydrogen) atoms. The molecule has 4 heteroatoms. The second-order valence-electron chi connectivity index (χ2n) is 5.49. The third kappa shape index (κ3) is 3.30. The Kier molecular flexibility index (Phi) is 4.19. The molecule has 0 heterocycles. The van der Waals surface area contributed by atoms with Crippen molar-refractivity contribution in [1.82, 2.24) is 0 Å². The Bertz CT molecular complexity index is 394. The fourth-order valence-electron chi connectivity index (χ4n) is 3.24. The van der Waals surface area contributed by atoms with Crippen LogP contribution in [0.3, 0.4) is 0 Å². The molecule has 1 aliphatic rings. The number of nitrogens with two attached hydrogens (primary N) is 1. The van der Waals surface area contributed by atoms with Crippen LogP contribution in [0.25, 0.3) is 0 Å². The van der Waals surface area contributed by atoms with Crippen LogP contribution in [0.15, 0.2) is 30.3 Å². The SMILES string of the molecule is NC(CCC(F)(F)F)C1(c2ccccc2)CCCC1. The van der Waals surface area contributed by atoms with Crippen LogP contribution in [0, 0.1) is 0 Å². The Morgan fingerprint density at radius 2 is 1.68 bits per heavy atom. The zero-order valence-electron chi connectivity index (χ0n) is 10.9. The van der Waals surface area contributed by atoms with E-state index in [1.807, 2.05) is 30.3 Å². The first-order valence-electron chi connectivity index (χ1n) is 6.82. The number of hydrogen-bond donors (Lipinski definition) is 1. The molecule has 0 aliphatic heterocycles. The molecule has 0 spiro atoms. The van der Waals surface area contributed by atoms with Crippen molar-refractivity contribution < 1.29 is 13.2 Å². The highest BCUT2D eigenvalue weighted by atomic mass is 19.4. The van der Waals surface area contributed by atoms with Crippen molar-refractivity contribution in [1.29, 1.82) is 0 Å². The van der Waals surface area contributed by atoms with Crippen molar-refractivity contribution in [3.05, 3.63) is 35.9 Å². The molecular weight excluding hydrogens is 251 g/mol. The van der Waals surface area contributed by atoms with Crippen LogP contribution in [0.5, 0.6) is 0 Å². The minimum atomic E-state index is -4.12. The Morgan fingerprint density at radius 1 is 1.11 bits per heavy atom. The summed E-state index contributed by atoms with van der Waals surface area (Å²) in [6.45, 7) is 0. The van der Waals surface area contributed by atoms with Crippen LogP contribution < -0.4 is 5.73 Å². The summed E-state index contributed by atoms with van der Waals surface area (Å²) in [6, 6.07) is 9.38. The van der Waals surface area contributed by atoms with Gasteiger partial charge < -0.3 is 5.73 Å². The van der Waals surface area contributed by atoms with Gasteiger partial charge in [0, 0.05) is 17.9 Å². The Balaban J connectivity index is 2.16. The maximum absolute atomic E-state index is 12.4. The molecule has 1 aliphatic carbocycles. The number of rotatable bonds is 4. The number of benzene rings is 1. The van der Waals surface area contributed by atoms with Crippen LogP contribution in [-0.4, -0.2) is 12.2 Å². The second-order valence-corrected chi connectivity index (χ2v) is 5.49. The summed E-state index contributed by atoms with van der Waals surface area (Å²) < 4.78 is 37.1. The molecule has 1 nitrogen and oxygen atoms in total.